The predicted molar refractivity (Wildman–Crippen MR) is 112 cm³/mol. The predicted octanol–water partition coefficient (Wildman–Crippen LogP) is 4.32. The van der Waals surface area contributed by atoms with Gasteiger partial charge < -0.3 is 5.32 Å². The zero-order chi connectivity index (χ0) is 20.2. The zero-order valence-corrected chi connectivity index (χ0v) is 17.0. The van der Waals surface area contributed by atoms with E-state index in [1.807, 2.05) is 25.1 Å². The van der Waals surface area contributed by atoms with Gasteiger partial charge in [0.2, 0.25) is 10.0 Å². The van der Waals surface area contributed by atoms with Crippen LogP contribution in [0.25, 0.3) is 0 Å². The van der Waals surface area contributed by atoms with E-state index >= 15 is 0 Å². The smallest absolute Gasteiger partial charge is 0.255 e. The van der Waals surface area contributed by atoms with Gasteiger partial charge in [-0.3, -0.25) is 9.10 Å². The molecule has 1 N–H and O–H groups in total. The number of aryl methyl sites for hydroxylation is 1. The molecule has 0 aliphatic heterocycles. The summed E-state index contributed by atoms with van der Waals surface area (Å²) < 4.78 is 25.1. The lowest BCUT2D eigenvalue weighted by Gasteiger charge is -2.21. The molecule has 0 saturated carbocycles. The van der Waals surface area contributed by atoms with Gasteiger partial charge in [-0.25, -0.2) is 8.42 Å². The van der Waals surface area contributed by atoms with E-state index < -0.39 is 10.0 Å². The zero-order valence-electron chi connectivity index (χ0n) is 16.2. The molecule has 0 fully saturated rings. The van der Waals surface area contributed by atoms with Crippen LogP contribution in [0.15, 0.2) is 55.1 Å². The molecule has 27 heavy (non-hydrogen) atoms. The van der Waals surface area contributed by atoms with E-state index in [9.17, 15) is 13.2 Å². The highest BCUT2D eigenvalue weighted by atomic mass is 32.2. The van der Waals surface area contributed by atoms with Crippen LogP contribution in [-0.2, 0) is 10.0 Å². The largest absolute Gasteiger partial charge is 0.321 e. The molecule has 0 radical (unpaired) electrons. The molecule has 0 aliphatic rings. The Hall–Kier alpha value is -2.60. The third-order valence-corrected chi connectivity index (χ3v) is 5.44. The number of carbonyl (C=O) groups excluding carboxylic acids is 1. The highest BCUT2D eigenvalue weighted by Gasteiger charge is 2.17. The van der Waals surface area contributed by atoms with Gasteiger partial charge in [0.15, 0.2) is 0 Å². The molecule has 1 amide bonds. The molecule has 0 atom stereocenters. The van der Waals surface area contributed by atoms with E-state index in [0.29, 0.717) is 11.3 Å². The molecule has 0 bridgehead atoms. The van der Waals surface area contributed by atoms with Gasteiger partial charge in [0, 0.05) is 11.3 Å². The van der Waals surface area contributed by atoms with Gasteiger partial charge >= 0.3 is 0 Å². The minimum Gasteiger partial charge on any atom is -0.321 e. The van der Waals surface area contributed by atoms with Crippen molar-refractivity contribution in [2.45, 2.75) is 26.7 Å². The van der Waals surface area contributed by atoms with Gasteiger partial charge in [0.25, 0.3) is 5.91 Å². The molecule has 2 aromatic carbocycles. The second-order valence-corrected chi connectivity index (χ2v) is 8.68. The molecular formula is C21H26N2O3S. The Bertz CT molecular complexity index is 932. The fraction of sp³-hybridized carbons (Fsp3) is 0.286. The van der Waals surface area contributed by atoms with Gasteiger partial charge in [0.05, 0.1) is 18.5 Å². The van der Waals surface area contributed by atoms with Crippen LogP contribution in [0, 0.1) is 6.92 Å². The number of rotatable bonds is 7. The van der Waals surface area contributed by atoms with Gasteiger partial charge in [0.1, 0.15) is 0 Å². The molecular weight excluding hydrogens is 360 g/mol. The number of sulfonamides is 1. The van der Waals surface area contributed by atoms with E-state index in [-0.39, 0.29) is 18.4 Å². The van der Waals surface area contributed by atoms with Crippen LogP contribution in [0.3, 0.4) is 0 Å². The van der Waals surface area contributed by atoms with Crippen LogP contribution in [0.5, 0.6) is 0 Å². The Labute approximate surface area is 161 Å². The van der Waals surface area contributed by atoms with E-state index in [1.54, 1.807) is 24.3 Å². The van der Waals surface area contributed by atoms with Crippen LogP contribution >= 0.6 is 0 Å². The van der Waals surface area contributed by atoms with Crippen LogP contribution in [0.2, 0.25) is 0 Å². The summed E-state index contributed by atoms with van der Waals surface area (Å²) >= 11 is 0. The second-order valence-electron chi connectivity index (χ2n) is 6.78. The molecule has 2 aromatic rings. The molecule has 5 nitrogen and oxygen atoms in total. The molecule has 0 heterocycles. The summed E-state index contributed by atoms with van der Waals surface area (Å²) in [4.78, 5) is 12.7. The lowest BCUT2D eigenvalue weighted by Crippen LogP contribution is -2.29. The van der Waals surface area contributed by atoms with Crippen molar-refractivity contribution in [3.05, 3.63) is 71.8 Å². The fourth-order valence-corrected chi connectivity index (χ4v) is 3.74. The lowest BCUT2D eigenvalue weighted by atomic mass is 9.98. The third kappa shape index (κ3) is 4.98. The van der Waals surface area contributed by atoms with Crippen molar-refractivity contribution < 1.29 is 13.2 Å². The van der Waals surface area contributed by atoms with Crippen LogP contribution in [-0.4, -0.2) is 27.1 Å². The molecule has 0 saturated heterocycles. The molecule has 144 valence electrons. The number of hydrogen-bond acceptors (Lipinski definition) is 3. The maximum atomic E-state index is 12.7. The summed E-state index contributed by atoms with van der Waals surface area (Å²) in [7, 11) is -3.42. The maximum Gasteiger partial charge on any atom is 0.255 e. The topological polar surface area (TPSA) is 66.5 Å². The first kappa shape index (κ1) is 20.7. The summed E-state index contributed by atoms with van der Waals surface area (Å²) in [6.07, 6.45) is 2.66. The summed E-state index contributed by atoms with van der Waals surface area (Å²) in [5.41, 5.74) is 3.86. The molecule has 2 rings (SSSR count). The van der Waals surface area contributed by atoms with E-state index in [1.165, 1.54) is 10.4 Å². The highest BCUT2D eigenvalue weighted by Crippen LogP contribution is 2.28. The number of hydrogen-bond donors (Lipinski definition) is 1. The second kappa shape index (κ2) is 8.39. The molecule has 6 heteroatoms. The monoisotopic (exact) mass is 386 g/mol. The Morgan fingerprint density at radius 1 is 1.19 bits per heavy atom. The van der Waals surface area contributed by atoms with Crippen molar-refractivity contribution in [2.75, 3.05) is 22.4 Å². The number of amides is 1. The number of nitrogens with zero attached hydrogens (tertiary/aromatic N) is 1. The van der Waals surface area contributed by atoms with Crippen molar-refractivity contribution in [2.24, 2.45) is 0 Å². The third-order valence-electron chi connectivity index (χ3n) is 4.28. The minimum absolute atomic E-state index is 0.172. The molecule has 0 unspecified atom stereocenters. The number of para-hydroxylation sites is 1. The number of nitrogens with one attached hydrogen (secondary N) is 1. The normalized spacial score (nSPS) is 11.3. The molecule has 0 aliphatic carbocycles. The summed E-state index contributed by atoms with van der Waals surface area (Å²) in [5, 5.41) is 2.99. The first-order chi connectivity index (χ1) is 12.6. The molecule has 0 aromatic heterocycles. The highest BCUT2D eigenvalue weighted by molar-refractivity contribution is 7.92. The summed E-state index contributed by atoms with van der Waals surface area (Å²) in [5.74, 6) is 0.0529. The van der Waals surface area contributed by atoms with Gasteiger partial charge in [-0.15, -0.1) is 6.58 Å². The Balaban J connectivity index is 2.28. The van der Waals surface area contributed by atoms with Gasteiger partial charge in [-0.1, -0.05) is 38.1 Å². The fourth-order valence-electron chi connectivity index (χ4n) is 2.86. The Kier molecular flexibility index (Phi) is 6.44. The number of carbonyl (C=O) groups is 1. The Morgan fingerprint density at radius 3 is 2.33 bits per heavy atom. The summed E-state index contributed by atoms with van der Waals surface area (Å²) in [6.45, 7) is 9.89. The van der Waals surface area contributed by atoms with E-state index in [4.69, 9.17) is 0 Å². The standard InChI is InChI=1S/C21H26N2O3S/c1-6-14-23(27(5,25)26)18-12-10-17(11-13-18)21(24)22-20-16(4)8-7-9-19(20)15(2)3/h6-13,15H,1,14H2,2-5H3,(H,22,24). The van der Waals surface area contributed by atoms with Crippen molar-refractivity contribution in [1.82, 2.24) is 0 Å². The summed E-state index contributed by atoms with van der Waals surface area (Å²) in [6, 6.07) is 12.5. The average Bonchev–Trinajstić information content (AvgIpc) is 2.60. The quantitative estimate of drug-likeness (QED) is 0.721. The van der Waals surface area contributed by atoms with Crippen LogP contribution < -0.4 is 9.62 Å². The maximum absolute atomic E-state index is 12.7. The van der Waals surface area contributed by atoms with Crippen molar-refractivity contribution in [3.8, 4) is 0 Å². The van der Waals surface area contributed by atoms with Crippen molar-refractivity contribution in [1.29, 1.82) is 0 Å². The first-order valence-corrected chi connectivity index (χ1v) is 10.6. The van der Waals surface area contributed by atoms with Gasteiger partial charge in [-0.05, 0) is 48.2 Å². The SMILES string of the molecule is C=CCN(c1ccc(C(=O)Nc2c(C)cccc2C(C)C)cc1)S(C)(=O)=O. The van der Waals surface area contributed by atoms with Crippen molar-refractivity contribution >= 4 is 27.3 Å². The number of benzene rings is 2. The Morgan fingerprint density at radius 2 is 1.81 bits per heavy atom. The van der Waals surface area contributed by atoms with Crippen LogP contribution in [0.4, 0.5) is 11.4 Å². The lowest BCUT2D eigenvalue weighted by molar-refractivity contribution is 0.102. The van der Waals surface area contributed by atoms with Crippen LogP contribution in [0.1, 0.15) is 41.3 Å². The van der Waals surface area contributed by atoms with Crippen molar-refractivity contribution in [3.63, 3.8) is 0 Å². The minimum atomic E-state index is -3.42. The van der Waals surface area contributed by atoms with E-state index in [0.717, 1.165) is 23.1 Å². The first-order valence-electron chi connectivity index (χ1n) is 8.74. The molecule has 0 spiro atoms. The number of anilines is 2. The van der Waals surface area contributed by atoms with E-state index in [2.05, 4.69) is 25.7 Å². The van der Waals surface area contributed by atoms with Gasteiger partial charge in [-0.2, -0.15) is 0 Å². The average molecular weight is 387 g/mol.